The van der Waals surface area contributed by atoms with E-state index in [4.69, 9.17) is 10.7 Å². The molecule has 0 aliphatic carbocycles. The number of aromatic nitrogens is 2. The first kappa shape index (κ1) is 22.3. The molecular formula is C31H23N5O. The van der Waals surface area contributed by atoms with Crippen LogP contribution in [0.25, 0.3) is 49.5 Å². The highest BCUT2D eigenvalue weighted by atomic mass is 16.1. The van der Waals surface area contributed by atoms with Crippen molar-refractivity contribution < 1.29 is 4.79 Å². The first-order chi connectivity index (χ1) is 18.2. The van der Waals surface area contributed by atoms with Crippen LogP contribution in [0.4, 0.5) is 5.69 Å². The van der Waals surface area contributed by atoms with Gasteiger partial charge >= 0.3 is 0 Å². The molecule has 4 aromatic carbocycles. The molecule has 3 N–H and O–H groups in total. The molecule has 0 fully saturated rings. The van der Waals surface area contributed by atoms with E-state index in [1.54, 1.807) is 6.07 Å². The predicted octanol–water partition coefficient (Wildman–Crippen LogP) is 6.16. The van der Waals surface area contributed by atoms with E-state index in [-0.39, 0.29) is 6.42 Å². The molecule has 6 heteroatoms. The average Bonchev–Trinajstić information content (AvgIpc) is 3.27. The third kappa shape index (κ3) is 3.83. The molecule has 0 bridgehead atoms. The van der Waals surface area contributed by atoms with E-state index in [0.717, 1.165) is 49.5 Å². The van der Waals surface area contributed by atoms with Crippen LogP contribution >= 0.6 is 0 Å². The number of hydrogen-bond donors (Lipinski definition) is 2. The van der Waals surface area contributed by atoms with Crippen LogP contribution in [-0.4, -0.2) is 22.0 Å². The molecule has 37 heavy (non-hydrogen) atoms. The van der Waals surface area contributed by atoms with Crippen molar-refractivity contribution in [3.63, 3.8) is 0 Å². The lowest BCUT2D eigenvalue weighted by atomic mass is 9.99. The Balaban J connectivity index is 1.63. The van der Waals surface area contributed by atoms with E-state index in [2.05, 4.69) is 58.4 Å². The molecule has 0 aliphatic heterocycles. The highest BCUT2D eigenvalue weighted by molar-refractivity contribution is 6.16. The number of hydrogen-bond acceptors (Lipinski definition) is 4. The van der Waals surface area contributed by atoms with Crippen LogP contribution in [0, 0.1) is 11.3 Å². The summed E-state index contributed by atoms with van der Waals surface area (Å²) in [5.74, 6) is -0.394. The summed E-state index contributed by atoms with van der Waals surface area (Å²) in [5, 5.41) is 16.5. The lowest BCUT2D eigenvalue weighted by Gasteiger charge is -2.16. The Kier molecular flexibility index (Phi) is 5.51. The van der Waals surface area contributed by atoms with Crippen molar-refractivity contribution in [1.82, 2.24) is 9.55 Å². The van der Waals surface area contributed by atoms with Gasteiger partial charge in [0, 0.05) is 40.9 Å². The summed E-state index contributed by atoms with van der Waals surface area (Å²) in [5.41, 5.74) is 12.5. The predicted molar refractivity (Wildman–Crippen MR) is 149 cm³/mol. The van der Waals surface area contributed by atoms with Crippen LogP contribution in [0.15, 0.2) is 97.2 Å². The molecule has 1 amide bonds. The molecular weight excluding hydrogens is 458 g/mol. The Morgan fingerprint density at radius 3 is 2.59 bits per heavy atom. The summed E-state index contributed by atoms with van der Waals surface area (Å²) in [6.45, 7) is 0.339. The number of anilines is 1. The minimum Gasteiger partial charge on any atom is -0.382 e. The van der Waals surface area contributed by atoms with Gasteiger partial charge in [0.1, 0.15) is 6.07 Å². The summed E-state index contributed by atoms with van der Waals surface area (Å²) >= 11 is 0. The van der Waals surface area contributed by atoms with Crippen LogP contribution in [0.1, 0.15) is 12.0 Å². The Morgan fingerprint density at radius 1 is 0.946 bits per heavy atom. The van der Waals surface area contributed by atoms with Crippen molar-refractivity contribution in [3.05, 3.63) is 103 Å². The van der Waals surface area contributed by atoms with Crippen LogP contribution in [-0.2, 0) is 4.79 Å². The molecule has 6 aromatic rings. The van der Waals surface area contributed by atoms with E-state index in [0.29, 0.717) is 17.8 Å². The minimum absolute atomic E-state index is 0.172. The Morgan fingerprint density at radius 2 is 1.73 bits per heavy atom. The van der Waals surface area contributed by atoms with E-state index in [1.165, 1.54) is 0 Å². The number of carbonyl (C=O) groups is 1. The summed E-state index contributed by atoms with van der Waals surface area (Å²) < 4.78 is 2.18. The number of nitrogens with two attached hydrogens (primary N) is 1. The maximum absolute atomic E-state index is 11.4. The highest BCUT2D eigenvalue weighted by Crippen LogP contribution is 2.40. The zero-order valence-electron chi connectivity index (χ0n) is 20.0. The van der Waals surface area contributed by atoms with Crippen LogP contribution in [0.5, 0.6) is 0 Å². The quantitative estimate of drug-likeness (QED) is 0.298. The van der Waals surface area contributed by atoms with Crippen LogP contribution < -0.4 is 11.1 Å². The summed E-state index contributed by atoms with van der Waals surface area (Å²) in [4.78, 5) is 16.1. The van der Waals surface area contributed by atoms with Crippen molar-refractivity contribution in [2.75, 3.05) is 11.9 Å². The van der Waals surface area contributed by atoms with Gasteiger partial charge in [-0.05, 0) is 42.0 Å². The Labute approximate surface area is 213 Å². The fourth-order valence-electron chi connectivity index (χ4n) is 5.05. The molecule has 2 aromatic heterocycles. The van der Waals surface area contributed by atoms with Gasteiger partial charge in [0.2, 0.25) is 5.91 Å². The van der Waals surface area contributed by atoms with Gasteiger partial charge in [-0.15, -0.1) is 0 Å². The van der Waals surface area contributed by atoms with Gasteiger partial charge in [-0.1, -0.05) is 54.6 Å². The largest absolute Gasteiger partial charge is 0.382 e. The number of primary amides is 1. The maximum Gasteiger partial charge on any atom is 0.219 e. The molecule has 0 unspecified atom stereocenters. The number of rotatable bonds is 6. The minimum atomic E-state index is -0.394. The lowest BCUT2D eigenvalue weighted by Crippen LogP contribution is -2.17. The Hall–Kier alpha value is -5.15. The number of para-hydroxylation sites is 3. The second-order valence-electron chi connectivity index (χ2n) is 8.92. The second kappa shape index (κ2) is 9.14. The monoisotopic (exact) mass is 481 g/mol. The second-order valence-corrected chi connectivity index (χ2v) is 8.92. The maximum atomic E-state index is 11.4. The van der Waals surface area contributed by atoms with Crippen molar-refractivity contribution in [1.29, 1.82) is 5.26 Å². The van der Waals surface area contributed by atoms with E-state index in [1.807, 2.05) is 48.7 Å². The van der Waals surface area contributed by atoms with E-state index < -0.39 is 5.91 Å². The fraction of sp³-hybridized carbons (Fsp3) is 0.0645. The first-order valence-corrected chi connectivity index (χ1v) is 12.1. The molecule has 6 nitrogen and oxygen atoms in total. The fourth-order valence-corrected chi connectivity index (χ4v) is 5.05. The topological polar surface area (TPSA) is 96.7 Å². The van der Waals surface area contributed by atoms with Gasteiger partial charge in [0.25, 0.3) is 0 Å². The molecule has 0 atom stereocenters. The van der Waals surface area contributed by atoms with Crippen molar-refractivity contribution in [2.45, 2.75) is 6.42 Å². The van der Waals surface area contributed by atoms with Crippen LogP contribution in [0.3, 0.4) is 0 Å². The Bertz CT molecular complexity index is 1860. The third-order valence-electron chi connectivity index (χ3n) is 6.68. The highest BCUT2D eigenvalue weighted by Gasteiger charge is 2.19. The molecule has 0 saturated carbocycles. The number of nitrogens with zero attached hydrogens (tertiary/aromatic N) is 3. The van der Waals surface area contributed by atoms with Gasteiger partial charge in [0.15, 0.2) is 0 Å². The van der Waals surface area contributed by atoms with Crippen molar-refractivity contribution in [2.24, 2.45) is 5.73 Å². The van der Waals surface area contributed by atoms with Gasteiger partial charge < -0.3 is 15.6 Å². The molecule has 178 valence electrons. The number of carbonyl (C=O) groups excluding carboxylic acids is 1. The smallest absolute Gasteiger partial charge is 0.219 e. The van der Waals surface area contributed by atoms with Gasteiger partial charge in [-0.2, -0.15) is 5.26 Å². The third-order valence-corrected chi connectivity index (χ3v) is 6.68. The molecule has 0 radical (unpaired) electrons. The lowest BCUT2D eigenvalue weighted by molar-refractivity contribution is -0.117. The molecule has 2 heterocycles. The zero-order chi connectivity index (χ0) is 25.4. The molecule has 0 saturated heterocycles. The van der Waals surface area contributed by atoms with Crippen molar-refractivity contribution >= 4 is 44.3 Å². The summed E-state index contributed by atoms with van der Waals surface area (Å²) in [6.07, 6.45) is 2.10. The molecule has 0 spiro atoms. The summed E-state index contributed by atoms with van der Waals surface area (Å²) in [7, 11) is 0. The average molecular weight is 482 g/mol. The van der Waals surface area contributed by atoms with Gasteiger partial charge in [-0.3, -0.25) is 9.78 Å². The number of benzene rings is 4. The number of fused-ring (bicyclic) bond motifs is 4. The standard InChI is InChI=1S/C31H23N5O/c32-18-21-8-5-14-28(31(21)34-16-15-29(33)37)36-26-12-4-2-9-24(26)30-23(10-6-13-27(30)36)22-17-20-7-1-3-11-25(20)35-19-22/h1-14,17,19,34H,15-16H2,(H2,33,37). The number of nitrogens with one attached hydrogen (secondary N) is 1. The summed E-state index contributed by atoms with van der Waals surface area (Å²) in [6, 6.07) is 32.8. The zero-order valence-corrected chi connectivity index (χ0v) is 20.0. The van der Waals surface area contributed by atoms with Gasteiger partial charge in [-0.25, -0.2) is 0 Å². The van der Waals surface area contributed by atoms with Gasteiger partial charge in [0.05, 0.1) is 33.5 Å². The number of pyridine rings is 1. The number of nitriles is 1. The SMILES string of the molecule is N#Cc1cccc(-n2c3ccccc3c3c(-c4cnc5ccccc5c4)cccc32)c1NCCC(N)=O. The molecule has 6 rings (SSSR count). The van der Waals surface area contributed by atoms with Crippen LogP contribution in [0.2, 0.25) is 0 Å². The molecule has 0 aliphatic rings. The van der Waals surface area contributed by atoms with E-state index >= 15 is 0 Å². The van der Waals surface area contributed by atoms with Crippen molar-refractivity contribution in [3.8, 4) is 22.9 Å². The normalized spacial score (nSPS) is 11.1. The van der Waals surface area contributed by atoms with E-state index in [9.17, 15) is 10.1 Å². The number of amides is 1. The first-order valence-electron chi connectivity index (χ1n) is 12.1.